The summed E-state index contributed by atoms with van der Waals surface area (Å²) in [6.45, 7) is 2.33. The van der Waals surface area contributed by atoms with Crippen molar-refractivity contribution in [2.75, 3.05) is 32.9 Å². The van der Waals surface area contributed by atoms with Crippen molar-refractivity contribution in [2.45, 2.75) is 11.3 Å². The molecule has 0 saturated carbocycles. The van der Waals surface area contributed by atoms with Crippen LogP contribution in [0.3, 0.4) is 0 Å². The van der Waals surface area contributed by atoms with Crippen molar-refractivity contribution in [1.82, 2.24) is 10.2 Å². The van der Waals surface area contributed by atoms with Gasteiger partial charge in [0.05, 0.1) is 6.54 Å². The van der Waals surface area contributed by atoms with Crippen molar-refractivity contribution in [3.05, 3.63) is 0 Å². The zero-order valence-corrected chi connectivity index (χ0v) is 8.93. The van der Waals surface area contributed by atoms with Gasteiger partial charge in [0.1, 0.15) is 0 Å². The van der Waals surface area contributed by atoms with Gasteiger partial charge in [0.25, 0.3) is 0 Å². The summed E-state index contributed by atoms with van der Waals surface area (Å²) in [7, 11) is 1.95. The smallest absolute Gasteiger partial charge is 0.231 e. The molecule has 76 valence electrons. The molecular formula is C8H17N3OS. The number of hydrogen-bond donors (Lipinski definition) is 2. The van der Waals surface area contributed by atoms with Gasteiger partial charge in [-0.2, -0.15) is 11.8 Å². The molecule has 1 saturated heterocycles. The first kappa shape index (κ1) is 10.8. The Balaban J connectivity index is 2.44. The molecular weight excluding hydrogens is 186 g/mol. The third-order valence-electron chi connectivity index (χ3n) is 2.40. The second kappa shape index (κ2) is 4.83. The molecule has 1 rings (SSSR count). The summed E-state index contributed by atoms with van der Waals surface area (Å²) in [6, 6.07) is 0.433. The fraction of sp³-hybridized carbons (Fsp3) is 0.875. The minimum Gasteiger partial charge on any atom is -0.369 e. The van der Waals surface area contributed by atoms with Crippen molar-refractivity contribution in [2.24, 2.45) is 5.73 Å². The van der Waals surface area contributed by atoms with Crippen molar-refractivity contribution in [3.63, 3.8) is 0 Å². The minimum absolute atomic E-state index is 0.255. The quantitative estimate of drug-likeness (QED) is 0.622. The summed E-state index contributed by atoms with van der Waals surface area (Å²) in [5, 5.41) is 3.89. The van der Waals surface area contributed by atoms with Crippen LogP contribution in [-0.4, -0.2) is 55.0 Å². The number of amides is 1. The van der Waals surface area contributed by atoms with E-state index in [4.69, 9.17) is 5.73 Å². The van der Waals surface area contributed by atoms with E-state index >= 15 is 0 Å². The molecule has 1 fully saturated rings. The van der Waals surface area contributed by atoms with Crippen LogP contribution in [0.1, 0.15) is 0 Å². The van der Waals surface area contributed by atoms with E-state index in [1.165, 1.54) is 0 Å². The molecule has 1 heterocycles. The number of primary amides is 1. The number of nitrogens with one attached hydrogen (secondary N) is 1. The second-order valence-corrected chi connectivity index (χ2v) is 4.46. The molecule has 1 aliphatic heterocycles. The molecule has 13 heavy (non-hydrogen) atoms. The van der Waals surface area contributed by atoms with E-state index in [0.29, 0.717) is 17.8 Å². The first-order valence-electron chi connectivity index (χ1n) is 4.37. The lowest BCUT2D eigenvalue weighted by Crippen LogP contribution is -2.43. The second-order valence-electron chi connectivity index (χ2n) is 3.38. The van der Waals surface area contributed by atoms with Crippen molar-refractivity contribution in [1.29, 1.82) is 0 Å². The molecule has 2 atom stereocenters. The maximum atomic E-state index is 10.7. The van der Waals surface area contributed by atoms with Crippen LogP contribution in [0.2, 0.25) is 0 Å². The Hall–Kier alpha value is -0.260. The van der Waals surface area contributed by atoms with Gasteiger partial charge in [-0.3, -0.25) is 9.69 Å². The first-order valence-corrected chi connectivity index (χ1v) is 5.66. The van der Waals surface area contributed by atoms with Crippen molar-refractivity contribution < 1.29 is 4.79 Å². The Kier molecular flexibility index (Phi) is 4.02. The number of carbonyl (C=O) groups excluding carboxylic acids is 1. The van der Waals surface area contributed by atoms with E-state index in [9.17, 15) is 4.79 Å². The van der Waals surface area contributed by atoms with Gasteiger partial charge in [-0.1, -0.05) is 0 Å². The Morgan fingerprint density at radius 2 is 2.38 bits per heavy atom. The van der Waals surface area contributed by atoms with Gasteiger partial charge in [-0.05, 0) is 13.3 Å². The van der Waals surface area contributed by atoms with E-state index in [1.807, 2.05) is 23.7 Å². The molecule has 0 aromatic carbocycles. The van der Waals surface area contributed by atoms with Gasteiger partial charge in [0.2, 0.25) is 5.91 Å². The van der Waals surface area contributed by atoms with Crippen LogP contribution in [0.4, 0.5) is 0 Å². The zero-order valence-electron chi connectivity index (χ0n) is 8.12. The summed E-state index contributed by atoms with van der Waals surface area (Å²) in [6.07, 6.45) is 2.10. The molecule has 0 aromatic heterocycles. The zero-order chi connectivity index (χ0) is 9.84. The number of nitrogens with two attached hydrogens (primary N) is 1. The topological polar surface area (TPSA) is 58.4 Å². The van der Waals surface area contributed by atoms with Crippen LogP contribution in [0, 0.1) is 0 Å². The number of carbonyl (C=O) groups is 1. The summed E-state index contributed by atoms with van der Waals surface area (Å²) in [5.41, 5.74) is 5.14. The van der Waals surface area contributed by atoms with Gasteiger partial charge in [0.15, 0.2) is 0 Å². The van der Waals surface area contributed by atoms with Gasteiger partial charge >= 0.3 is 0 Å². The number of nitrogens with zero attached hydrogens (tertiary/aromatic N) is 1. The Morgan fingerprint density at radius 3 is 2.92 bits per heavy atom. The molecule has 3 N–H and O–H groups in total. The molecule has 0 radical (unpaired) electrons. The minimum atomic E-state index is -0.255. The fourth-order valence-corrected chi connectivity index (χ4v) is 2.59. The van der Waals surface area contributed by atoms with Gasteiger partial charge in [-0.25, -0.2) is 0 Å². The Labute approximate surface area is 83.2 Å². The number of thioether (sulfide) groups is 1. The highest BCUT2D eigenvalue weighted by Gasteiger charge is 2.29. The predicted molar refractivity (Wildman–Crippen MR) is 55.8 cm³/mol. The lowest BCUT2D eigenvalue weighted by atomic mass is 10.2. The van der Waals surface area contributed by atoms with Crippen molar-refractivity contribution >= 4 is 17.7 Å². The summed E-state index contributed by atoms with van der Waals surface area (Å²) >= 11 is 1.84. The summed E-state index contributed by atoms with van der Waals surface area (Å²) in [4.78, 5) is 12.7. The highest BCUT2D eigenvalue weighted by Crippen LogP contribution is 2.18. The maximum absolute atomic E-state index is 10.7. The fourth-order valence-electron chi connectivity index (χ4n) is 1.68. The maximum Gasteiger partial charge on any atom is 0.231 e. The third kappa shape index (κ3) is 2.86. The standard InChI is InChI=1S/C8H17N3OS/c1-11(5-8(9)12)6-3-10-4-7(6)13-2/h6-7,10H,3-5H2,1-2H3,(H2,9,12). The molecule has 0 aliphatic carbocycles. The van der Waals surface area contributed by atoms with Crippen LogP contribution >= 0.6 is 11.8 Å². The van der Waals surface area contributed by atoms with Gasteiger partial charge in [0, 0.05) is 24.4 Å². The molecule has 5 heteroatoms. The normalized spacial score (nSPS) is 28.2. The van der Waals surface area contributed by atoms with Crippen LogP contribution < -0.4 is 11.1 Å². The largest absolute Gasteiger partial charge is 0.369 e. The molecule has 1 amide bonds. The average Bonchev–Trinajstić information content (AvgIpc) is 2.49. The summed E-state index contributed by atoms with van der Waals surface area (Å²) < 4.78 is 0. The summed E-state index contributed by atoms with van der Waals surface area (Å²) in [5.74, 6) is -0.255. The number of likely N-dealkylation sites (N-methyl/N-ethyl adjacent to an activating group) is 1. The van der Waals surface area contributed by atoms with Gasteiger partial charge in [-0.15, -0.1) is 0 Å². The van der Waals surface area contributed by atoms with Gasteiger partial charge < -0.3 is 11.1 Å². The molecule has 0 aromatic rings. The average molecular weight is 203 g/mol. The van der Waals surface area contributed by atoms with E-state index in [2.05, 4.69) is 11.6 Å². The van der Waals surface area contributed by atoms with Crippen molar-refractivity contribution in [3.8, 4) is 0 Å². The van der Waals surface area contributed by atoms with E-state index < -0.39 is 0 Å². The first-order chi connectivity index (χ1) is 6.15. The van der Waals surface area contributed by atoms with E-state index in [-0.39, 0.29) is 5.91 Å². The number of rotatable bonds is 4. The van der Waals surface area contributed by atoms with Crippen LogP contribution in [-0.2, 0) is 4.79 Å². The van der Waals surface area contributed by atoms with E-state index in [1.54, 1.807) is 0 Å². The molecule has 0 spiro atoms. The molecule has 0 bridgehead atoms. The monoisotopic (exact) mass is 203 g/mol. The lowest BCUT2D eigenvalue weighted by Gasteiger charge is -2.26. The molecule has 2 unspecified atom stereocenters. The van der Waals surface area contributed by atoms with Crippen LogP contribution in [0.5, 0.6) is 0 Å². The highest BCUT2D eigenvalue weighted by molar-refractivity contribution is 7.99. The van der Waals surface area contributed by atoms with E-state index in [0.717, 1.165) is 13.1 Å². The Morgan fingerprint density at radius 1 is 1.69 bits per heavy atom. The molecule has 1 aliphatic rings. The SMILES string of the molecule is CSC1CNCC1N(C)CC(N)=O. The van der Waals surface area contributed by atoms with Crippen LogP contribution in [0.25, 0.3) is 0 Å². The molecule has 4 nitrogen and oxygen atoms in total. The number of hydrogen-bond acceptors (Lipinski definition) is 4. The predicted octanol–water partition coefficient (Wildman–Crippen LogP) is -0.893. The van der Waals surface area contributed by atoms with Crippen LogP contribution in [0.15, 0.2) is 0 Å². The highest BCUT2D eigenvalue weighted by atomic mass is 32.2. The third-order valence-corrected chi connectivity index (χ3v) is 3.49. The lowest BCUT2D eigenvalue weighted by molar-refractivity contribution is -0.119. The Bertz CT molecular complexity index is 188.